The summed E-state index contributed by atoms with van der Waals surface area (Å²) in [6, 6.07) is 0. The van der Waals surface area contributed by atoms with E-state index < -0.39 is 21.2 Å². The van der Waals surface area contributed by atoms with Crippen molar-refractivity contribution in [3.63, 3.8) is 0 Å². The molecule has 1 atom stereocenters. The molecule has 0 fully saturated rings. The third-order valence-corrected chi connectivity index (χ3v) is 1.95. The first-order chi connectivity index (χ1) is 4.65. The average Bonchev–Trinajstić information content (AvgIpc) is 1.56. The minimum absolute atomic E-state index is 1.05. The lowest BCUT2D eigenvalue weighted by Crippen LogP contribution is -2.49. The first kappa shape index (κ1) is 10.4. The van der Waals surface area contributed by atoms with Crippen molar-refractivity contribution >= 4 is 21.5 Å². The van der Waals surface area contributed by atoms with Crippen LogP contribution in [0.3, 0.4) is 0 Å². The van der Waals surface area contributed by atoms with Gasteiger partial charge in [-0.05, 0) is 19.7 Å². The molecule has 11 heavy (non-hydrogen) atoms. The van der Waals surface area contributed by atoms with E-state index in [1.54, 1.807) is 0 Å². The molecule has 1 unspecified atom stereocenters. The molecule has 0 rings (SSSR count). The highest BCUT2D eigenvalue weighted by Gasteiger charge is 2.28. The lowest BCUT2D eigenvalue weighted by Gasteiger charge is -2.21. The molecular weight excluding hydrogens is 166 g/mol. The molecule has 0 aromatic carbocycles. The number of carboxylic acid groups (broad SMARTS) is 1. The largest absolute Gasteiger partial charge is 0.480 e. The van der Waals surface area contributed by atoms with Gasteiger partial charge in [0.2, 0.25) is 0 Å². The van der Waals surface area contributed by atoms with Crippen molar-refractivity contribution in [2.24, 2.45) is 0 Å². The van der Waals surface area contributed by atoms with Gasteiger partial charge in [-0.3, -0.25) is 9.00 Å². The number of carbonyl (C=O) groups is 1. The van der Waals surface area contributed by atoms with Gasteiger partial charge in [0.15, 0.2) is 0 Å². The maximum atomic E-state index is 11.0. The molecule has 0 bridgehead atoms. The minimum atomic E-state index is -2.46. The lowest BCUT2D eigenvalue weighted by atomic mass is 10.1. The minimum Gasteiger partial charge on any atom is -0.480 e. The molecule has 0 amide bonds. The number of carboxylic acids is 1. The van der Waals surface area contributed by atoms with Crippen LogP contribution in [0.15, 0.2) is 0 Å². The zero-order valence-electron chi connectivity index (χ0n) is 6.88. The summed E-state index contributed by atoms with van der Waals surface area (Å²) in [5, 5.41) is 8.59. The Hall–Kier alpha value is -0.550. The van der Waals surface area contributed by atoms with Gasteiger partial charge in [-0.25, -0.2) is 4.72 Å². The maximum Gasteiger partial charge on any atom is 0.324 e. The van der Waals surface area contributed by atoms with E-state index in [0.29, 0.717) is 0 Å². The second kappa shape index (κ2) is 2.83. The molecule has 0 aromatic heterocycles. The van der Waals surface area contributed by atoms with Gasteiger partial charge in [0.1, 0.15) is 5.54 Å². The van der Waals surface area contributed by atoms with Crippen LogP contribution in [0.1, 0.15) is 13.8 Å². The van der Waals surface area contributed by atoms with Crippen LogP contribution in [0.25, 0.3) is 0 Å². The summed E-state index contributed by atoms with van der Waals surface area (Å²) in [5.74, 6) is 2.25. The van der Waals surface area contributed by atoms with Crippen LogP contribution in [0, 0.1) is 0 Å². The Bertz CT molecular complexity index is 253. The predicted octanol–water partition coefficient (Wildman–Crippen LogP) is -0.300. The molecule has 0 saturated heterocycles. The summed E-state index contributed by atoms with van der Waals surface area (Å²) < 4.78 is 13.4. The van der Waals surface area contributed by atoms with E-state index in [-0.39, 0.29) is 0 Å². The highest BCUT2D eigenvalue weighted by atomic mass is 32.2. The van der Waals surface area contributed by atoms with E-state index in [1.165, 1.54) is 20.1 Å². The summed E-state index contributed by atoms with van der Waals surface area (Å²) >= 11 is 0. The molecule has 0 radical (unpaired) electrons. The van der Waals surface area contributed by atoms with Crippen molar-refractivity contribution < 1.29 is 14.1 Å². The predicted molar refractivity (Wildman–Crippen MR) is 46.0 cm³/mol. The molecule has 0 aliphatic heterocycles. The molecule has 66 valence electrons. The fourth-order valence-corrected chi connectivity index (χ4v) is 1.75. The number of aliphatic carboxylic acids is 1. The quantitative estimate of drug-likeness (QED) is 0.584. The van der Waals surface area contributed by atoms with E-state index in [9.17, 15) is 9.00 Å². The summed E-state index contributed by atoms with van der Waals surface area (Å²) in [6.07, 6.45) is 1.36. The van der Waals surface area contributed by atoms with Gasteiger partial charge in [0.25, 0.3) is 0 Å². The van der Waals surface area contributed by atoms with E-state index in [4.69, 9.17) is 5.11 Å². The van der Waals surface area contributed by atoms with Crippen LogP contribution in [0.5, 0.6) is 0 Å². The van der Waals surface area contributed by atoms with Crippen LogP contribution < -0.4 is 4.72 Å². The molecule has 0 aliphatic carbocycles. The van der Waals surface area contributed by atoms with Gasteiger partial charge in [-0.15, -0.1) is 0 Å². The Morgan fingerprint density at radius 1 is 1.64 bits per heavy atom. The smallest absolute Gasteiger partial charge is 0.324 e. The molecular formula is C6H13NO3S. The number of hydrogen-bond acceptors (Lipinski definition) is 2. The highest BCUT2D eigenvalue weighted by Crippen LogP contribution is 2.02. The fourth-order valence-electron chi connectivity index (χ4n) is 0.583. The summed E-state index contributed by atoms with van der Waals surface area (Å²) in [4.78, 5) is 10.5. The Labute approximate surface area is 66.8 Å². The van der Waals surface area contributed by atoms with Crippen LogP contribution in [-0.2, 0) is 14.5 Å². The molecule has 0 heterocycles. The van der Waals surface area contributed by atoms with Crippen LogP contribution in [-0.4, -0.2) is 32.9 Å². The van der Waals surface area contributed by atoms with Crippen molar-refractivity contribution in [1.29, 1.82) is 0 Å². The van der Waals surface area contributed by atoms with Crippen LogP contribution >= 0.6 is 0 Å². The standard InChI is InChI=1S/C6H13NO3S/c1-6(2,5(8)9)7-11(3,4)10/h3H2,1-2,4H3,(H,7,10)(H,8,9). The molecule has 2 N–H and O–H groups in total. The summed E-state index contributed by atoms with van der Waals surface area (Å²) in [6.45, 7) is 2.87. The van der Waals surface area contributed by atoms with Crippen LogP contribution in [0.4, 0.5) is 0 Å². The van der Waals surface area contributed by atoms with Crippen molar-refractivity contribution in [3.05, 3.63) is 0 Å². The summed E-state index contributed by atoms with van der Waals surface area (Å²) in [7, 11) is -2.46. The van der Waals surface area contributed by atoms with E-state index in [0.717, 1.165) is 0 Å². The molecule has 0 saturated carbocycles. The van der Waals surface area contributed by atoms with Gasteiger partial charge in [0, 0.05) is 16.0 Å². The average molecular weight is 179 g/mol. The lowest BCUT2D eigenvalue weighted by molar-refractivity contribution is -0.142. The van der Waals surface area contributed by atoms with E-state index >= 15 is 0 Å². The Kier molecular flexibility index (Phi) is 2.69. The second-order valence-electron chi connectivity index (χ2n) is 3.04. The maximum absolute atomic E-state index is 11.0. The van der Waals surface area contributed by atoms with Crippen molar-refractivity contribution in [1.82, 2.24) is 4.72 Å². The number of nitrogens with one attached hydrogen (secondary N) is 1. The zero-order valence-corrected chi connectivity index (χ0v) is 7.70. The fraction of sp³-hybridized carbons (Fsp3) is 0.667. The molecule has 0 aliphatic rings. The van der Waals surface area contributed by atoms with Crippen molar-refractivity contribution in [2.75, 3.05) is 6.26 Å². The summed E-state index contributed by atoms with van der Waals surface area (Å²) in [5.41, 5.74) is -1.19. The van der Waals surface area contributed by atoms with Crippen LogP contribution in [0.2, 0.25) is 0 Å². The third-order valence-electron chi connectivity index (χ3n) is 1.01. The number of rotatable bonds is 3. The number of hydrogen-bond donors (Lipinski definition) is 2. The van der Waals surface area contributed by atoms with Gasteiger partial charge < -0.3 is 5.11 Å². The van der Waals surface area contributed by atoms with Gasteiger partial charge in [-0.2, -0.15) is 0 Å². The Morgan fingerprint density at radius 3 is 2.09 bits per heavy atom. The second-order valence-corrected chi connectivity index (χ2v) is 5.25. The SMILES string of the molecule is C=S(C)(=O)NC(C)(C)C(=O)O. The van der Waals surface area contributed by atoms with E-state index in [2.05, 4.69) is 10.6 Å². The van der Waals surface area contributed by atoms with Crippen molar-refractivity contribution in [2.45, 2.75) is 19.4 Å². The molecule has 4 nitrogen and oxygen atoms in total. The molecule has 0 aromatic rings. The topological polar surface area (TPSA) is 66.4 Å². The van der Waals surface area contributed by atoms with Gasteiger partial charge in [-0.1, -0.05) is 0 Å². The normalized spacial score (nSPS) is 17.4. The monoisotopic (exact) mass is 179 g/mol. The van der Waals surface area contributed by atoms with Gasteiger partial charge in [0.05, 0.1) is 0 Å². The first-order valence-electron chi connectivity index (χ1n) is 3.00. The van der Waals surface area contributed by atoms with Gasteiger partial charge >= 0.3 is 5.97 Å². The Balaban J connectivity index is 4.51. The molecule has 0 spiro atoms. The third kappa shape index (κ3) is 4.00. The Morgan fingerprint density at radius 2 is 2.00 bits per heavy atom. The van der Waals surface area contributed by atoms with Crippen molar-refractivity contribution in [3.8, 4) is 0 Å². The first-order valence-corrected chi connectivity index (χ1v) is 5.13. The zero-order chi connectivity index (χ0) is 9.28. The highest BCUT2D eigenvalue weighted by molar-refractivity contribution is 7.97. The van der Waals surface area contributed by atoms with E-state index in [1.807, 2.05) is 0 Å². The molecule has 5 heteroatoms.